The number of hydrogen-bond acceptors (Lipinski definition) is 5. The van der Waals surface area contributed by atoms with Gasteiger partial charge >= 0.3 is 5.97 Å². The number of methoxy groups -OCH3 is 1. The fraction of sp³-hybridized carbons (Fsp3) is 0.150. The zero-order valence-corrected chi connectivity index (χ0v) is 15.2. The number of carboxylic acids is 1. The minimum absolute atomic E-state index is 0.437. The van der Waals surface area contributed by atoms with Crippen molar-refractivity contribution in [2.24, 2.45) is 0 Å². The molecule has 0 bridgehead atoms. The van der Waals surface area contributed by atoms with E-state index in [0.29, 0.717) is 10.7 Å². The van der Waals surface area contributed by atoms with Crippen molar-refractivity contribution < 1.29 is 14.6 Å². The second-order valence-electron chi connectivity index (χ2n) is 5.65. The van der Waals surface area contributed by atoms with E-state index >= 15 is 0 Å². The van der Waals surface area contributed by atoms with Crippen molar-refractivity contribution in [3.8, 4) is 17.0 Å². The Bertz CT molecular complexity index is 899. The Balaban J connectivity index is 1.92. The average molecular weight is 366 g/mol. The molecule has 2 aromatic carbocycles. The fourth-order valence-corrected chi connectivity index (χ4v) is 3.45. The van der Waals surface area contributed by atoms with Gasteiger partial charge in [0, 0.05) is 11.3 Å². The molecule has 0 radical (unpaired) electrons. The lowest BCUT2D eigenvalue weighted by Crippen LogP contribution is -2.09. The van der Waals surface area contributed by atoms with Crippen LogP contribution in [0.2, 0.25) is 0 Å². The van der Waals surface area contributed by atoms with Gasteiger partial charge in [-0.1, -0.05) is 42.1 Å². The Hall–Kier alpha value is -2.86. The predicted octanol–water partition coefficient (Wildman–Crippen LogP) is 4.38. The van der Waals surface area contributed by atoms with Crippen molar-refractivity contribution in [1.29, 1.82) is 0 Å². The summed E-state index contributed by atoms with van der Waals surface area (Å²) in [4.78, 5) is 20.7. The van der Waals surface area contributed by atoms with E-state index in [2.05, 4.69) is 9.97 Å². The van der Waals surface area contributed by atoms with Crippen LogP contribution in [0.5, 0.6) is 5.75 Å². The summed E-state index contributed by atoms with van der Waals surface area (Å²) in [6.07, 6.45) is 0. The van der Waals surface area contributed by atoms with Gasteiger partial charge in [0.05, 0.1) is 12.8 Å². The molecule has 0 aliphatic rings. The van der Waals surface area contributed by atoms with Crippen LogP contribution in [0.25, 0.3) is 11.3 Å². The van der Waals surface area contributed by atoms with Gasteiger partial charge in [0.2, 0.25) is 0 Å². The largest absolute Gasteiger partial charge is 0.497 e. The molecule has 0 saturated heterocycles. The van der Waals surface area contributed by atoms with Crippen LogP contribution in [0.1, 0.15) is 16.5 Å². The number of aromatic nitrogens is 2. The van der Waals surface area contributed by atoms with Gasteiger partial charge < -0.3 is 9.84 Å². The first-order chi connectivity index (χ1) is 12.6. The lowest BCUT2D eigenvalue weighted by atomic mass is 10.1. The van der Waals surface area contributed by atoms with E-state index in [1.165, 1.54) is 0 Å². The first-order valence-electron chi connectivity index (χ1n) is 8.01. The zero-order chi connectivity index (χ0) is 18.5. The number of ether oxygens (including phenoxy) is 1. The SMILES string of the molecule is COc1ccc(-c2cc(C)nc(S[C@H](C(=O)O)c3ccccc3)n2)cc1. The van der Waals surface area contributed by atoms with E-state index in [-0.39, 0.29) is 0 Å². The summed E-state index contributed by atoms with van der Waals surface area (Å²) in [5, 5.41) is 9.29. The van der Waals surface area contributed by atoms with E-state index < -0.39 is 11.2 Å². The summed E-state index contributed by atoms with van der Waals surface area (Å²) in [7, 11) is 1.62. The third-order valence-corrected chi connectivity index (χ3v) is 4.87. The van der Waals surface area contributed by atoms with Crippen molar-refractivity contribution >= 4 is 17.7 Å². The van der Waals surface area contributed by atoms with Gasteiger partial charge in [-0.15, -0.1) is 0 Å². The molecule has 1 heterocycles. The van der Waals surface area contributed by atoms with Crippen molar-refractivity contribution in [3.63, 3.8) is 0 Å². The number of aryl methyl sites for hydroxylation is 1. The van der Waals surface area contributed by atoms with Crippen LogP contribution in [0.3, 0.4) is 0 Å². The van der Waals surface area contributed by atoms with Crippen molar-refractivity contribution in [1.82, 2.24) is 9.97 Å². The van der Waals surface area contributed by atoms with E-state index in [4.69, 9.17) is 4.74 Å². The van der Waals surface area contributed by atoms with Crippen molar-refractivity contribution in [3.05, 3.63) is 71.9 Å². The van der Waals surface area contributed by atoms with Crippen LogP contribution >= 0.6 is 11.8 Å². The molecule has 0 unspecified atom stereocenters. The molecule has 132 valence electrons. The molecule has 1 aromatic heterocycles. The lowest BCUT2D eigenvalue weighted by Gasteiger charge is -2.12. The van der Waals surface area contributed by atoms with Gasteiger partial charge in [-0.25, -0.2) is 9.97 Å². The highest BCUT2D eigenvalue weighted by Crippen LogP contribution is 2.34. The van der Waals surface area contributed by atoms with Gasteiger partial charge in [0.15, 0.2) is 5.16 Å². The van der Waals surface area contributed by atoms with E-state index in [0.717, 1.165) is 34.5 Å². The highest BCUT2D eigenvalue weighted by atomic mass is 32.2. The minimum Gasteiger partial charge on any atom is -0.497 e. The third-order valence-electron chi connectivity index (χ3n) is 3.77. The molecule has 3 aromatic rings. The standard InChI is InChI=1S/C20H18N2O3S/c1-13-12-17(14-8-10-16(25-2)11-9-14)22-20(21-13)26-18(19(23)24)15-6-4-3-5-7-15/h3-12,18H,1-2H3,(H,23,24)/t18-/m0/s1. The number of carboxylic acid groups (broad SMARTS) is 1. The monoisotopic (exact) mass is 366 g/mol. The third kappa shape index (κ3) is 4.21. The van der Waals surface area contributed by atoms with Gasteiger partial charge in [-0.3, -0.25) is 4.79 Å². The molecule has 5 nitrogen and oxygen atoms in total. The minimum atomic E-state index is -0.919. The Morgan fingerprint density at radius 2 is 1.77 bits per heavy atom. The summed E-state index contributed by atoms with van der Waals surface area (Å²) in [5.74, 6) is -0.151. The molecule has 0 amide bonds. The second-order valence-corrected chi connectivity index (χ2v) is 6.72. The van der Waals surface area contributed by atoms with Crippen LogP contribution in [0, 0.1) is 6.92 Å². The normalized spacial score (nSPS) is 11.8. The number of hydrogen-bond donors (Lipinski definition) is 1. The highest BCUT2D eigenvalue weighted by Gasteiger charge is 2.23. The van der Waals surface area contributed by atoms with E-state index in [1.807, 2.05) is 55.5 Å². The molecule has 0 aliphatic heterocycles. The first-order valence-corrected chi connectivity index (χ1v) is 8.89. The van der Waals surface area contributed by atoms with Crippen LogP contribution < -0.4 is 4.74 Å². The van der Waals surface area contributed by atoms with Gasteiger partial charge in [-0.05, 0) is 42.8 Å². The summed E-state index contributed by atoms with van der Waals surface area (Å²) in [6.45, 7) is 1.87. The molecule has 0 aliphatic carbocycles. The fourth-order valence-electron chi connectivity index (χ4n) is 2.50. The number of benzene rings is 2. The van der Waals surface area contributed by atoms with Gasteiger partial charge in [0.25, 0.3) is 0 Å². The Labute approximate surface area is 156 Å². The summed E-state index contributed by atoms with van der Waals surface area (Å²) in [6, 6.07) is 18.5. The Kier molecular flexibility index (Phi) is 5.53. The maximum Gasteiger partial charge on any atom is 0.321 e. The van der Waals surface area contributed by atoms with Crippen LogP contribution in [-0.2, 0) is 4.79 Å². The maximum absolute atomic E-state index is 11.7. The number of aliphatic carboxylic acids is 1. The molecule has 3 rings (SSSR count). The van der Waals surface area contributed by atoms with E-state index in [1.54, 1.807) is 19.2 Å². The highest BCUT2D eigenvalue weighted by molar-refractivity contribution is 8.00. The summed E-state index contributed by atoms with van der Waals surface area (Å²) in [5.41, 5.74) is 3.16. The Morgan fingerprint density at radius 3 is 2.38 bits per heavy atom. The molecular formula is C20H18N2O3S. The molecule has 1 N–H and O–H groups in total. The van der Waals surface area contributed by atoms with Crippen molar-refractivity contribution in [2.45, 2.75) is 17.3 Å². The lowest BCUT2D eigenvalue weighted by molar-refractivity contribution is -0.136. The Morgan fingerprint density at radius 1 is 1.08 bits per heavy atom. The van der Waals surface area contributed by atoms with Crippen LogP contribution in [0.4, 0.5) is 0 Å². The molecule has 26 heavy (non-hydrogen) atoms. The molecule has 0 fully saturated rings. The second kappa shape index (κ2) is 8.01. The van der Waals surface area contributed by atoms with Crippen molar-refractivity contribution in [2.75, 3.05) is 7.11 Å². The average Bonchev–Trinajstić information content (AvgIpc) is 2.66. The summed E-state index contributed by atoms with van der Waals surface area (Å²) >= 11 is 1.13. The molecule has 1 atom stereocenters. The van der Waals surface area contributed by atoms with Gasteiger partial charge in [0.1, 0.15) is 11.0 Å². The van der Waals surface area contributed by atoms with Crippen LogP contribution in [-0.4, -0.2) is 28.2 Å². The number of nitrogens with zero attached hydrogens (tertiary/aromatic N) is 2. The van der Waals surface area contributed by atoms with E-state index in [9.17, 15) is 9.90 Å². The first kappa shape index (κ1) is 17.9. The molecule has 0 spiro atoms. The molecule has 6 heteroatoms. The number of thioether (sulfide) groups is 1. The van der Waals surface area contributed by atoms with Gasteiger partial charge in [-0.2, -0.15) is 0 Å². The number of rotatable bonds is 6. The quantitative estimate of drug-likeness (QED) is 0.516. The molecular weight excluding hydrogens is 348 g/mol. The van der Waals surface area contributed by atoms with Crippen LogP contribution in [0.15, 0.2) is 65.8 Å². The topological polar surface area (TPSA) is 72.3 Å². The number of carbonyl (C=O) groups is 1. The molecule has 0 saturated carbocycles. The smallest absolute Gasteiger partial charge is 0.321 e. The maximum atomic E-state index is 11.7. The zero-order valence-electron chi connectivity index (χ0n) is 14.4. The summed E-state index contributed by atoms with van der Waals surface area (Å²) < 4.78 is 5.18. The predicted molar refractivity (Wildman–Crippen MR) is 101 cm³/mol.